The van der Waals surface area contributed by atoms with Gasteiger partial charge in [-0.15, -0.1) is 0 Å². The summed E-state index contributed by atoms with van der Waals surface area (Å²) >= 11 is 3.54. The molecule has 0 spiro atoms. The van der Waals surface area contributed by atoms with Gasteiger partial charge in [-0.25, -0.2) is 4.79 Å². The van der Waals surface area contributed by atoms with Gasteiger partial charge in [-0.05, 0) is 79.3 Å². The van der Waals surface area contributed by atoms with Crippen LogP contribution >= 0.6 is 15.9 Å². The number of aliphatic carboxylic acids is 1. The lowest BCUT2D eigenvalue weighted by atomic mass is 10.0. The number of fused-ring (bicyclic) bond motifs is 2. The van der Waals surface area contributed by atoms with Crippen molar-refractivity contribution in [2.75, 3.05) is 35.8 Å². The first-order chi connectivity index (χ1) is 24.5. The van der Waals surface area contributed by atoms with Gasteiger partial charge < -0.3 is 35.6 Å². The van der Waals surface area contributed by atoms with Crippen molar-refractivity contribution >= 4 is 73.4 Å². The number of likely N-dealkylation sites (N-methyl/N-ethyl adjacent to an activating group) is 1. The van der Waals surface area contributed by atoms with Crippen LogP contribution in [0.5, 0.6) is 5.75 Å². The van der Waals surface area contributed by atoms with Crippen LogP contribution < -0.4 is 30.5 Å². The highest BCUT2D eigenvalue weighted by Crippen LogP contribution is 2.38. The predicted octanol–water partition coefficient (Wildman–Crippen LogP) is 5.49. The molecule has 1 aliphatic rings. The maximum atomic E-state index is 14.5. The van der Waals surface area contributed by atoms with Crippen LogP contribution in [0.15, 0.2) is 83.3 Å². The minimum atomic E-state index is -5.08. The number of carbonyl (C=O) groups is 5. The number of anilines is 3. The number of halogens is 4. The Balaban J connectivity index is 0.000000785. The summed E-state index contributed by atoms with van der Waals surface area (Å²) in [6.45, 7) is 3.13. The molecule has 4 aromatic rings. The van der Waals surface area contributed by atoms with Crippen molar-refractivity contribution in [3.63, 3.8) is 0 Å². The van der Waals surface area contributed by atoms with Crippen LogP contribution in [0.25, 0.3) is 10.8 Å². The van der Waals surface area contributed by atoms with Crippen LogP contribution in [0.3, 0.4) is 0 Å². The van der Waals surface area contributed by atoms with E-state index in [-0.39, 0.29) is 36.7 Å². The van der Waals surface area contributed by atoms with Gasteiger partial charge in [0.25, 0.3) is 11.8 Å². The van der Waals surface area contributed by atoms with E-state index in [9.17, 15) is 32.3 Å². The van der Waals surface area contributed by atoms with Crippen LogP contribution in [0.4, 0.5) is 30.2 Å². The Hall–Kier alpha value is -5.48. The molecule has 52 heavy (non-hydrogen) atoms. The molecular weight excluding hydrogens is 751 g/mol. The second-order valence-electron chi connectivity index (χ2n) is 11.6. The van der Waals surface area contributed by atoms with Crippen molar-refractivity contribution < 1.29 is 47.0 Å². The van der Waals surface area contributed by atoms with Gasteiger partial charge in [0.15, 0.2) is 0 Å². The molecule has 2 atom stereocenters. The number of nitrogens with zero attached hydrogens (tertiary/aromatic N) is 2. The molecule has 16 heteroatoms. The lowest BCUT2D eigenvalue weighted by molar-refractivity contribution is -0.192. The number of amides is 4. The van der Waals surface area contributed by atoms with Crippen LogP contribution in [-0.2, 0) is 25.7 Å². The third-order valence-corrected chi connectivity index (χ3v) is 8.56. The molecule has 0 aromatic heterocycles. The molecule has 274 valence electrons. The van der Waals surface area contributed by atoms with E-state index >= 15 is 0 Å². The Labute approximate surface area is 305 Å². The molecule has 1 aliphatic heterocycles. The summed E-state index contributed by atoms with van der Waals surface area (Å²) in [5, 5.41) is 17.5. The number of benzene rings is 4. The molecule has 0 saturated carbocycles. The Morgan fingerprint density at radius 3 is 2.21 bits per heavy atom. The van der Waals surface area contributed by atoms with Crippen LogP contribution in [0.1, 0.15) is 29.8 Å². The number of carboxylic acid groups (broad SMARTS) is 1. The molecule has 4 amide bonds. The second kappa shape index (κ2) is 16.7. The zero-order chi connectivity index (χ0) is 38.3. The van der Waals surface area contributed by atoms with Crippen LogP contribution in [-0.4, -0.2) is 73.7 Å². The number of hydrogen-bond donors (Lipinski definition) is 4. The fourth-order valence-electron chi connectivity index (χ4n) is 5.39. The molecule has 12 nitrogen and oxygen atoms in total. The minimum absolute atomic E-state index is 0.0968. The van der Waals surface area contributed by atoms with Gasteiger partial charge >= 0.3 is 12.1 Å². The Bertz CT molecular complexity index is 1990. The molecule has 4 N–H and O–H groups in total. The van der Waals surface area contributed by atoms with E-state index in [1.165, 1.54) is 11.8 Å². The third kappa shape index (κ3) is 9.24. The average Bonchev–Trinajstić information content (AvgIpc) is 3.21. The van der Waals surface area contributed by atoms with Crippen LogP contribution in [0, 0.1) is 0 Å². The standard InChI is InChI=1S/C34H34BrN5O5.C2HF3O2/c1-20(36-3)32(42)38-28-19-40(33(43)22-9-13-25(14-10-22)37-21(2)41)30-8-6-5-7-29(30)39(34(28)44)18-27-26-15-12-24(35)17-23(26)11-16-31(27)45-4;3-2(4,5)1(6)7/h5-17,20,28,36H,18-19H2,1-4H3,(H,37,41)(H,38,42);(H,6,7)/t20?,28-;/m0./s1. The van der Waals surface area contributed by atoms with Gasteiger partial charge in [0.05, 0.1) is 37.6 Å². The summed E-state index contributed by atoms with van der Waals surface area (Å²) in [4.78, 5) is 65.2. The van der Waals surface area contributed by atoms with Crippen molar-refractivity contribution in [3.8, 4) is 5.75 Å². The van der Waals surface area contributed by atoms with Gasteiger partial charge in [-0.2, -0.15) is 13.2 Å². The predicted molar refractivity (Wildman–Crippen MR) is 192 cm³/mol. The summed E-state index contributed by atoms with van der Waals surface area (Å²) in [7, 11) is 3.24. The van der Waals surface area contributed by atoms with Crippen molar-refractivity contribution in [1.82, 2.24) is 10.6 Å². The number of rotatable bonds is 8. The number of alkyl halides is 3. The number of nitrogens with one attached hydrogen (secondary N) is 3. The molecule has 1 heterocycles. The quantitative estimate of drug-likeness (QED) is 0.183. The van der Waals surface area contributed by atoms with E-state index in [0.29, 0.717) is 28.4 Å². The number of carboxylic acids is 1. The normalized spacial score (nSPS) is 14.7. The zero-order valence-corrected chi connectivity index (χ0v) is 30.0. The first-order valence-electron chi connectivity index (χ1n) is 15.7. The first-order valence-corrected chi connectivity index (χ1v) is 16.5. The van der Waals surface area contributed by atoms with Crippen LogP contribution in [0.2, 0.25) is 0 Å². The largest absolute Gasteiger partial charge is 0.496 e. The van der Waals surface area contributed by atoms with Gasteiger partial charge in [0.2, 0.25) is 11.8 Å². The van der Waals surface area contributed by atoms with Crippen molar-refractivity contribution in [2.45, 2.75) is 38.7 Å². The smallest absolute Gasteiger partial charge is 0.490 e. The average molecular weight is 787 g/mol. The zero-order valence-electron chi connectivity index (χ0n) is 28.4. The van der Waals surface area contributed by atoms with E-state index in [4.69, 9.17) is 14.6 Å². The summed E-state index contributed by atoms with van der Waals surface area (Å²) in [6.07, 6.45) is -5.08. The van der Waals surface area contributed by atoms with E-state index in [0.717, 1.165) is 20.8 Å². The maximum Gasteiger partial charge on any atom is 0.490 e. The SMILES string of the molecule is CNC(C)C(=O)N[C@H]1CN(C(=O)c2ccc(NC(C)=O)cc2)c2ccccc2N(Cc2c(OC)ccc3cc(Br)ccc23)C1=O.O=C(O)C(F)(F)F. The summed E-state index contributed by atoms with van der Waals surface area (Å²) in [5.74, 6) is -3.48. The van der Waals surface area contributed by atoms with Crippen molar-refractivity contribution in [3.05, 3.63) is 94.5 Å². The van der Waals surface area contributed by atoms with Gasteiger partial charge in [0.1, 0.15) is 11.8 Å². The summed E-state index contributed by atoms with van der Waals surface area (Å²) < 4.78 is 38.4. The Kier molecular flexibility index (Phi) is 12.6. The van der Waals surface area contributed by atoms with E-state index < -0.39 is 24.2 Å². The number of methoxy groups -OCH3 is 1. The van der Waals surface area contributed by atoms with E-state index in [1.54, 1.807) is 68.4 Å². The van der Waals surface area contributed by atoms with Crippen molar-refractivity contribution in [2.24, 2.45) is 0 Å². The summed E-state index contributed by atoms with van der Waals surface area (Å²) in [5.41, 5.74) is 2.73. The molecule has 4 aromatic carbocycles. The fraction of sp³-hybridized carbons (Fsp3) is 0.250. The highest BCUT2D eigenvalue weighted by atomic mass is 79.9. The molecule has 0 radical (unpaired) electrons. The number of ether oxygens (including phenoxy) is 1. The van der Waals surface area contributed by atoms with E-state index in [2.05, 4.69) is 31.9 Å². The highest BCUT2D eigenvalue weighted by molar-refractivity contribution is 9.10. The monoisotopic (exact) mass is 785 g/mol. The molecule has 0 aliphatic carbocycles. The van der Waals surface area contributed by atoms with E-state index in [1.807, 2.05) is 36.4 Å². The third-order valence-electron chi connectivity index (χ3n) is 8.06. The number of para-hydroxylation sites is 2. The topological polar surface area (TPSA) is 157 Å². The lowest BCUT2D eigenvalue weighted by Crippen LogP contribution is -2.55. The molecule has 5 rings (SSSR count). The van der Waals surface area contributed by atoms with Gasteiger partial charge in [0, 0.05) is 28.2 Å². The Morgan fingerprint density at radius 2 is 1.63 bits per heavy atom. The second-order valence-corrected chi connectivity index (χ2v) is 12.5. The molecule has 0 bridgehead atoms. The van der Waals surface area contributed by atoms with Gasteiger partial charge in [-0.1, -0.05) is 40.2 Å². The minimum Gasteiger partial charge on any atom is -0.496 e. The highest BCUT2D eigenvalue weighted by Gasteiger charge is 2.39. The number of hydrogen-bond acceptors (Lipinski definition) is 7. The Morgan fingerprint density at radius 1 is 1.00 bits per heavy atom. The first kappa shape index (κ1) is 39.3. The maximum absolute atomic E-state index is 14.5. The molecule has 1 unspecified atom stereocenters. The fourth-order valence-corrected chi connectivity index (χ4v) is 5.77. The van der Waals surface area contributed by atoms with Gasteiger partial charge in [-0.3, -0.25) is 19.2 Å². The number of carbonyl (C=O) groups excluding carboxylic acids is 4. The summed E-state index contributed by atoms with van der Waals surface area (Å²) in [6, 6.07) is 21.8. The lowest BCUT2D eigenvalue weighted by Gasteiger charge is -2.27. The molecular formula is C36H35BrF3N5O7. The van der Waals surface area contributed by atoms with Crippen molar-refractivity contribution in [1.29, 1.82) is 0 Å². The molecule has 0 fully saturated rings. The molecule has 0 saturated heterocycles.